The third kappa shape index (κ3) is 5.23. The van der Waals surface area contributed by atoms with Gasteiger partial charge >= 0.3 is 0 Å². The lowest BCUT2D eigenvalue weighted by Gasteiger charge is -2.27. The lowest BCUT2D eigenvalue weighted by atomic mass is 10.2. The Hall–Kier alpha value is -3.12. The summed E-state index contributed by atoms with van der Waals surface area (Å²) in [5, 5.41) is 3.29. The van der Waals surface area contributed by atoms with Crippen LogP contribution in [0.15, 0.2) is 89.8 Å². The van der Waals surface area contributed by atoms with Gasteiger partial charge in [-0.2, -0.15) is 0 Å². The predicted molar refractivity (Wildman–Crippen MR) is 117 cm³/mol. The molecule has 3 aromatic carbocycles. The standard InChI is InChI=1S/C23H24N2O3S/c1-18(2)25(23(26)17-29(27,28)22-11-7-4-8-12-22)21-15-13-20(14-16-21)24-19-9-5-3-6-10-19/h3-16,18,24H,17H2,1-2H3. The number of carbonyl (C=O) groups excluding carboxylic acids is 1. The molecule has 1 amide bonds. The normalized spacial score (nSPS) is 11.3. The maximum atomic E-state index is 12.9. The number of para-hydroxylation sites is 1. The zero-order valence-corrected chi connectivity index (χ0v) is 17.3. The topological polar surface area (TPSA) is 66.5 Å². The second-order valence-corrected chi connectivity index (χ2v) is 8.96. The van der Waals surface area contributed by atoms with Crippen LogP contribution >= 0.6 is 0 Å². The van der Waals surface area contributed by atoms with E-state index in [4.69, 9.17) is 0 Å². The summed E-state index contributed by atoms with van der Waals surface area (Å²) in [6, 6.07) is 25.0. The number of anilines is 3. The molecule has 6 heteroatoms. The fourth-order valence-corrected chi connectivity index (χ4v) is 4.27. The van der Waals surface area contributed by atoms with E-state index >= 15 is 0 Å². The van der Waals surface area contributed by atoms with Gasteiger partial charge in [0.1, 0.15) is 5.75 Å². The lowest BCUT2D eigenvalue weighted by molar-refractivity contribution is -0.116. The van der Waals surface area contributed by atoms with Crippen LogP contribution in [-0.4, -0.2) is 26.1 Å². The molecular formula is C23H24N2O3S. The van der Waals surface area contributed by atoms with Crippen molar-refractivity contribution in [3.05, 3.63) is 84.9 Å². The summed E-state index contributed by atoms with van der Waals surface area (Å²) in [5.74, 6) is -1.02. The van der Waals surface area contributed by atoms with Gasteiger partial charge in [-0.25, -0.2) is 8.42 Å². The monoisotopic (exact) mass is 408 g/mol. The fraction of sp³-hybridized carbons (Fsp3) is 0.174. The molecule has 150 valence electrons. The van der Waals surface area contributed by atoms with Crippen molar-refractivity contribution >= 4 is 32.8 Å². The van der Waals surface area contributed by atoms with Crippen LogP contribution in [0.2, 0.25) is 0 Å². The molecule has 1 N–H and O–H groups in total. The molecule has 0 radical (unpaired) electrons. The first-order valence-corrected chi connectivity index (χ1v) is 11.0. The minimum Gasteiger partial charge on any atom is -0.356 e. The second kappa shape index (κ2) is 8.92. The molecule has 0 atom stereocenters. The van der Waals surface area contributed by atoms with Gasteiger partial charge in [0.15, 0.2) is 9.84 Å². The van der Waals surface area contributed by atoms with Crippen LogP contribution in [0.3, 0.4) is 0 Å². The third-order valence-electron chi connectivity index (χ3n) is 4.41. The number of rotatable bonds is 7. The Kier molecular flexibility index (Phi) is 6.34. The van der Waals surface area contributed by atoms with Crippen molar-refractivity contribution in [3.8, 4) is 0 Å². The van der Waals surface area contributed by atoms with Gasteiger partial charge in [-0.3, -0.25) is 4.79 Å². The van der Waals surface area contributed by atoms with E-state index in [0.29, 0.717) is 5.69 Å². The Balaban J connectivity index is 1.78. The van der Waals surface area contributed by atoms with E-state index < -0.39 is 21.5 Å². The smallest absolute Gasteiger partial charge is 0.242 e. The summed E-state index contributed by atoms with van der Waals surface area (Å²) in [6.07, 6.45) is 0. The predicted octanol–water partition coefficient (Wildman–Crippen LogP) is 4.65. The molecule has 3 aromatic rings. The van der Waals surface area contributed by atoms with Crippen molar-refractivity contribution in [2.24, 2.45) is 0 Å². The van der Waals surface area contributed by atoms with Crippen LogP contribution in [-0.2, 0) is 14.6 Å². The van der Waals surface area contributed by atoms with E-state index in [1.54, 1.807) is 18.2 Å². The van der Waals surface area contributed by atoms with Crippen LogP contribution in [0.25, 0.3) is 0 Å². The Bertz CT molecular complexity index is 1050. The second-order valence-electron chi connectivity index (χ2n) is 6.97. The van der Waals surface area contributed by atoms with Crippen molar-refractivity contribution in [2.75, 3.05) is 16.0 Å². The highest BCUT2D eigenvalue weighted by Gasteiger charge is 2.26. The maximum absolute atomic E-state index is 12.9. The SMILES string of the molecule is CC(C)N(C(=O)CS(=O)(=O)c1ccccc1)c1ccc(Nc2ccccc2)cc1. The van der Waals surface area contributed by atoms with Crippen molar-refractivity contribution in [1.29, 1.82) is 0 Å². The van der Waals surface area contributed by atoms with Gasteiger partial charge < -0.3 is 10.2 Å². The molecule has 0 unspecified atom stereocenters. The number of hydrogen-bond donors (Lipinski definition) is 1. The largest absolute Gasteiger partial charge is 0.356 e. The van der Waals surface area contributed by atoms with Gasteiger partial charge in [-0.1, -0.05) is 36.4 Å². The zero-order chi connectivity index (χ0) is 20.9. The highest BCUT2D eigenvalue weighted by molar-refractivity contribution is 7.92. The number of sulfone groups is 1. The lowest BCUT2D eigenvalue weighted by Crippen LogP contribution is -2.40. The van der Waals surface area contributed by atoms with E-state index in [9.17, 15) is 13.2 Å². The van der Waals surface area contributed by atoms with Crippen molar-refractivity contribution in [1.82, 2.24) is 0 Å². The molecule has 29 heavy (non-hydrogen) atoms. The minimum atomic E-state index is -3.70. The zero-order valence-electron chi connectivity index (χ0n) is 16.4. The fourth-order valence-electron chi connectivity index (χ4n) is 3.07. The van der Waals surface area contributed by atoms with Crippen LogP contribution in [0.5, 0.6) is 0 Å². The van der Waals surface area contributed by atoms with Crippen LogP contribution in [0, 0.1) is 0 Å². The average Bonchev–Trinajstić information content (AvgIpc) is 2.70. The number of hydrogen-bond acceptors (Lipinski definition) is 4. The average molecular weight is 409 g/mol. The van der Waals surface area contributed by atoms with Gasteiger partial charge in [-0.05, 0) is 62.4 Å². The first-order chi connectivity index (χ1) is 13.9. The van der Waals surface area contributed by atoms with E-state index in [1.807, 2.05) is 68.4 Å². The van der Waals surface area contributed by atoms with Crippen LogP contribution in [0.4, 0.5) is 17.1 Å². The Morgan fingerprint density at radius 1 is 0.828 bits per heavy atom. The molecule has 0 aliphatic heterocycles. The van der Waals surface area contributed by atoms with Crippen molar-refractivity contribution < 1.29 is 13.2 Å². The van der Waals surface area contributed by atoms with Gasteiger partial charge in [0, 0.05) is 23.1 Å². The number of nitrogens with zero attached hydrogens (tertiary/aromatic N) is 1. The van der Waals surface area contributed by atoms with Crippen molar-refractivity contribution in [2.45, 2.75) is 24.8 Å². The molecule has 0 spiro atoms. The molecule has 0 aliphatic carbocycles. The van der Waals surface area contributed by atoms with Gasteiger partial charge in [0.25, 0.3) is 0 Å². The molecule has 0 fully saturated rings. The summed E-state index contributed by atoms with van der Waals surface area (Å²) in [4.78, 5) is 14.6. The summed E-state index contributed by atoms with van der Waals surface area (Å²) in [7, 11) is -3.70. The Morgan fingerprint density at radius 3 is 1.90 bits per heavy atom. The molecule has 0 aliphatic rings. The molecule has 0 saturated carbocycles. The van der Waals surface area contributed by atoms with Gasteiger partial charge in [0.2, 0.25) is 5.91 Å². The summed E-state index contributed by atoms with van der Waals surface area (Å²) >= 11 is 0. The Labute approximate surface area is 171 Å². The first kappa shape index (κ1) is 20.6. The van der Waals surface area contributed by atoms with Crippen LogP contribution in [0.1, 0.15) is 13.8 Å². The van der Waals surface area contributed by atoms with E-state index in [1.165, 1.54) is 17.0 Å². The summed E-state index contributed by atoms with van der Waals surface area (Å²) in [6.45, 7) is 3.73. The highest BCUT2D eigenvalue weighted by atomic mass is 32.2. The number of amides is 1. The molecule has 5 nitrogen and oxygen atoms in total. The minimum absolute atomic E-state index is 0.152. The van der Waals surface area contributed by atoms with E-state index in [0.717, 1.165) is 11.4 Å². The molecule has 3 rings (SSSR count). The number of nitrogens with one attached hydrogen (secondary N) is 1. The number of benzene rings is 3. The molecule has 0 bridgehead atoms. The van der Waals surface area contributed by atoms with E-state index in [2.05, 4.69) is 5.32 Å². The van der Waals surface area contributed by atoms with Gasteiger partial charge in [0.05, 0.1) is 4.90 Å². The third-order valence-corrected chi connectivity index (χ3v) is 6.03. The molecule has 0 heterocycles. The van der Waals surface area contributed by atoms with Crippen molar-refractivity contribution in [3.63, 3.8) is 0 Å². The van der Waals surface area contributed by atoms with E-state index in [-0.39, 0.29) is 10.9 Å². The summed E-state index contributed by atoms with van der Waals surface area (Å²) < 4.78 is 25.2. The van der Waals surface area contributed by atoms with Crippen LogP contribution < -0.4 is 10.2 Å². The quantitative estimate of drug-likeness (QED) is 0.618. The van der Waals surface area contributed by atoms with Gasteiger partial charge in [-0.15, -0.1) is 0 Å². The highest BCUT2D eigenvalue weighted by Crippen LogP contribution is 2.23. The number of carbonyl (C=O) groups is 1. The Morgan fingerprint density at radius 2 is 1.34 bits per heavy atom. The molecular weight excluding hydrogens is 384 g/mol. The molecule has 0 saturated heterocycles. The first-order valence-electron chi connectivity index (χ1n) is 9.39. The molecule has 0 aromatic heterocycles. The summed E-state index contributed by atoms with van der Waals surface area (Å²) in [5.41, 5.74) is 2.51. The maximum Gasteiger partial charge on any atom is 0.242 e.